The van der Waals surface area contributed by atoms with E-state index in [9.17, 15) is 24.6 Å². The van der Waals surface area contributed by atoms with Gasteiger partial charge in [0.1, 0.15) is 5.70 Å². The maximum absolute atomic E-state index is 12.0. The molecule has 0 radical (unpaired) electrons. The summed E-state index contributed by atoms with van der Waals surface area (Å²) >= 11 is 1.03. The fraction of sp³-hybridized carbons (Fsp3) is 0.462. The number of fused-ring (bicyclic) bond motifs is 1. The molecule has 2 aliphatic heterocycles. The summed E-state index contributed by atoms with van der Waals surface area (Å²) in [4.78, 5) is 36.0. The van der Waals surface area contributed by atoms with Crippen LogP contribution >= 0.6 is 11.8 Å². The van der Waals surface area contributed by atoms with Crippen molar-refractivity contribution in [1.29, 1.82) is 0 Å². The summed E-state index contributed by atoms with van der Waals surface area (Å²) in [5.74, 6) is -2.46. The zero-order valence-corrected chi connectivity index (χ0v) is 12.4. The third kappa shape index (κ3) is 2.68. The zero-order valence-electron chi connectivity index (χ0n) is 11.6. The maximum Gasteiger partial charge on any atom is 0.353 e. The number of rotatable bonds is 5. The van der Waals surface area contributed by atoms with Gasteiger partial charge in [-0.05, 0) is 6.92 Å². The number of carboxylic acid groups (broad SMARTS) is 1. The highest BCUT2D eigenvalue weighted by atomic mass is 32.2. The number of thioether (sulfide) groups is 1. The highest BCUT2D eigenvalue weighted by molar-refractivity contribution is 8.06. The number of β-lactam (4-membered cyclic amide) rings is 1. The molecule has 0 aromatic rings. The summed E-state index contributed by atoms with van der Waals surface area (Å²) in [6, 6.07) is -0.337. The van der Waals surface area contributed by atoms with Crippen LogP contribution in [-0.2, 0) is 14.4 Å². The first-order valence-corrected chi connectivity index (χ1v) is 7.17. The van der Waals surface area contributed by atoms with Gasteiger partial charge in [-0.2, -0.15) is 0 Å². The second-order valence-electron chi connectivity index (χ2n) is 5.03. The van der Waals surface area contributed by atoms with Crippen molar-refractivity contribution in [1.82, 2.24) is 10.2 Å². The lowest BCUT2D eigenvalue weighted by molar-refractivity contribution is -0.161. The molecule has 0 saturated carbocycles. The van der Waals surface area contributed by atoms with Gasteiger partial charge < -0.3 is 20.4 Å². The minimum absolute atomic E-state index is 0.0848. The second-order valence-corrected chi connectivity index (χ2v) is 6.22. The monoisotopic (exact) mass is 312 g/mol. The number of amides is 2. The summed E-state index contributed by atoms with van der Waals surface area (Å²) < 4.78 is 0. The number of aliphatic hydroxyl groups is 1. The minimum Gasteiger partial charge on any atom is -0.477 e. The lowest BCUT2D eigenvalue weighted by Gasteiger charge is -2.44. The molecule has 8 heteroatoms. The Labute approximate surface area is 125 Å². The standard InChI is InChI=1S/C13H16N2O5S/c1-5(16)10-8-4-9(21-7(3)14-6(2)17)11(13(19)20)15(8)12(10)18/h5,8,10,16H,3-4H2,1-2H3,(H,14,17)(H,19,20). The Kier molecular flexibility index (Phi) is 4.11. The van der Waals surface area contributed by atoms with Crippen LogP contribution in [0.4, 0.5) is 0 Å². The van der Waals surface area contributed by atoms with E-state index in [2.05, 4.69) is 11.9 Å². The van der Waals surface area contributed by atoms with Gasteiger partial charge >= 0.3 is 5.97 Å². The van der Waals surface area contributed by atoms with E-state index >= 15 is 0 Å². The molecule has 21 heavy (non-hydrogen) atoms. The zero-order chi connectivity index (χ0) is 15.9. The molecule has 3 N–H and O–H groups in total. The number of nitrogens with one attached hydrogen (secondary N) is 1. The number of hydrogen-bond donors (Lipinski definition) is 3. The number of hydrogen-bond acceptors (Lipinski definition) is 5. The molecule has 2 rings (SSSR count). The van der Waals surface area contributed by atoms with Crippen LogP contribution in [0.15, 0.2) is 22.2 Å². The molecule has 2 amide bonds. The predicted molar refractivity (Wildman–Crippen MR) is 75.6 cm³/mol. The van der Waals surface area contributed by atoms with E-state index in [1.807, 2.05) is 0 Å². The molecule has 3 atom stereocenters. The van der Waals surface area contributed by atoms with Gasteiger partial charge in [-0.25, -0.2) is 4.79 Å². The number of carbonyl (C=O) groups is 3. The van der Waals surface area contributed by atoms with E-state index < -0.39 is 18.0 Å². The Hall–Kier alpha value is -1.80. The first kappa shape index (κ1) is 15.6. The highest BCUT2D eigenvalue weighted by Gasteiger charge is 2.56. The first-order chi connectivity index (χ1) is 9.73. The molecule has 0 aliphatic carbocycles. The summed E-state index contributed by atoms with van der Waals surface area (Å²) in [7, 11) is 0. The van der Waals surface area contributed by atoms with Crippen molar-refractivity contribution in [3.8, 4) is 0 Å². The third-order valence-electron chi connectivity index (χ3n) is 3.45. The smallest absolute Gasteiger partial charge is 0.353 e. The van der Waals surface area contributed by atoms with Crippen molar-refractivity contribution in [3.63, 3.8) is 0 Å². The van der Waals surface area contributed by atoms with Crippen LogP contribution in [0.25, 0.3) is 0 Å². The number of aliphatic hydroxyl groups excluding tert-OH is 1. The summed E-state index contributed by atoms with van der Waals surface area (Å²) in [6.07, 6.45) is -0.483. The Morgan fingerprint density at radius 3 is 2.62 bits per heavy atom. The molecule has 0 bridgehead atoms. The van der Waals surface area contributed by atoms with Crippen LogP contribution in [0.5, 0.6) is 0 Å². The Morgan fingerprint density at radius 2 is 2.14 bits per heavy atom. The quantitative estimate of drug-likeness (QED) is 0.628. The van der Waals surface area contributed by atoms with E-state index in [1.165, 1.54) is 18.7 Å². The molecule has 3 unspecified atom stereocenters. The van der Waals surface area contributed by atoms with Gasteiger partial charge in [0.15, 0.2) is 0 Å². The van der Waals surface area contributed by atoms with Crippen molar-refractivity contribution in [2.75, 3.05) is 0 Å². The van der Waals surface area contributed by atoms with Gasteiger partial charge in [0.2, 0.25) is 11.8 Å². The van der Waals surface area contributed by atoms with Crippen molar-refractivity contribution in [2.24, 2.45) is 5.92 Å². The average molecular weight is 312 g/mol. The molecular formula is C13H16N2O5S. The van der Waals surface area contributed by atoms with Gasteiger partial charge in [-0.1, -0.05) is 18.3 Å². The van der Waals surface area contributed by atoms with Crippen molar-refractivity contribution in [2.45, 2.75) is 32.4 Å². The van der Waals surface area contributed by atoms with E-state index in [0.717, 1.165) is 11.8 Å². The lowest BCUT2D eigenvalue weighted by Crippen LogP contribution is -2.61. The largest absolute Gasteiger partial charge is 0.477 e. The van der Waals surface area contributed by atoms with E-state index in [4.69, 9.17) is 0 Å². The van der Waals surface area contributed by atoms with Crippen LogP contribution in [-0.4, -0.2) is 45.0 Å². The highest BCUT2D eigenvalue weighted by Crippen LogP contribution is 2.47. The van der Waals surface area contributed by atoms with Crippen LogP contribution in [0.2, 0.25) is 0 Å². The molecule has 7 nitrogen and oxygen atoms in total. The molecule has 0 aromatic carbocycles. The molecule has 114 valence electrons. The number of carboxylic acids is 1. The van der Waals surface area contributed by atoms with E-state index in [-0.39, 0.29) is 23.6 Å². The van der Waals surface area contributed by atoms with Crippen LogP contribution in [0, 0.1) is 5.92 Å². The van der Waals surface area contributed by atoms with Crippen LogP contribution in [0.1, 0.15) is 20.3 Å². The maximum atomic E-state index is 12.0. The first-order valence-electron chi connectivity index (χ1n) is 6.36. The summed E-state index contributed by atoms with van der Waals surface area (Å²) in [6.45, 7) is 6.49. The van der Waals surface area contributed by atoms with Crippen LogP contribution in [0.3, 0.4) is 0 Å². The lowest BCUT2D eigenvalue weighted by atomic mass is 9.83. The van der Waals surface area contributed by atoms with Gasteiger partial charge in [0, 0.05) is 18.2 Å². The Balaban J connectivity index is 2.21. The normalized spacial score (nSPS) is 25.3. The molecule has 2 heterocycles. The van der Waals surface area contributed by atoms with Gasteiger partial charge in [0.25, 0.3) is 0 Å². The number of aliphatic carboxylic acids is 1. The molecule has 1 saturated heterocycles. The van der Waals surface area contributed by atoms with Gasteiger partial charge in [-0.3, -0.25) is 9.59 Å². The van der Waals surface area contributed by atoms with Crippen molar-refractivity contribution in [3.05, 3.63) is 22.2 Å². The molecular weight excluding hydrogens is 296 g/mol. The average Bonchev–Trinajstić information content (AvgIpc) is 2.62. The fourth-order valence-electron chi connectivity index (χ4n) is 2.69. The number of nitrogens with zero attached hydrogens (tertiary/aromatic N) is 1. The topological polar surface area (TPSA) is 107 Å². The summed E-state index contributed by atoms with van der Waals surface area (Å²) in [5, 5.41) is 21.7. The number of carbonyl (C=O) groups excluding carboxylic acids is 2. The SMILES string of the molecule is C=C(NC(C)=O)SC1=C(C(=O)O)N2C(=O)C(C(C)O)C2C1. The van der Waals surface area contributed by atoms with Gasteiger partial charge in [-0.15, -0.1) is 0 Å². The predicted octanol–water partition coefficient (Wildman–Crippen LogP) is 0.235. The Morgan fingerprint density at radius 1 is 1.52 bits per heavy atom. The minimum atomic E-state index is -1.20. The van der Waals surface area contributed by atoms with E-state index in [0.29, 0.717) is 16.4 Å². The molecule has 0 spiro atoms. The molecule has 2 aliphatic rings. The van der Waals surface area contributed by atoms with Crippen molar-refractivity contribution >= 4 is 29.5 Å². The fourth-order valence-corrected chi connectivity index (χ4v) is 3.72. The molecule has 1 fully saturated rings. The molecule has 0 aromatic heterocycles. The van der Waals surface area contributed by atoms with Crippen molar-refractivity contribution < 1.29 is 24.6 Å². The Bertz CT molecular complexity index is 569. The third-order valence-corrected chi connectivity index (χ3v) is 4.41. The second kappa shape index (κ2) is 5.53. The van der Waals surface area contributed by atoms with Gasteiger partial charge in [0.05, 0.1) is 23.1 Å². The summed E-state index contributed by atoms with van der Waals surface area (Å²) in [5.41, 5.74) is -0.0848. The van der Waals surface area contributed by atoms with E-state index in [1.54, 1.807) is 0 Å². The van der Waals surface area contributed by atoms with Crippen LogP contribution < -0.4 is 5.32 Å².